The summed E-state index contributed by atoms with van der Waals surface area (Å²) in [6, 6.07) is 5.71. The van der Waals surface area contributed by atoms with Gasteiger partial charge in [0.25, 0.3) is 15.7 Å². The number of hydrogen-bond donors (Lipinski definition) is 1. The zero-order valence-electron chi connectivity index (χ0n) is 12.1. The summed E-state index contributed by atoms with van der Waals surface area (Å²) in [5.41, 5.74) is -0.0335. The minimum atomic E-state index is -4.14. The quantitative estimate of drug-likeness (QED) is 0.469. The van der Waals surface area contributed by atoms with Gasteiger partial charge in [-0.25, -0.2) is 0 Å². The third-order valence-corrected chi connectivity index (χ3v) is 4.07. The predicted molar refractivity (Wildman–Crippen MR) is 81.1 cm³/mol. The van der Waals surface area contributed by atoms with E-state index in [9.17, 15) is 28.6 Å². The van der Waals surface area contributed by atoms with Gasteiger partial charge < -0.3 is 4.42 Å². The first-order valence-electron chi connectivity index (χ1n) is 6.25. The van der Waals surface area contributed by atoms with Crippen molar-refractivity contribution in [2.24, 2.45) is 5.10 Å². The van der Waals surface area contributed by atoms with Crippen LogP contribution in [-0.2, 0) is 10.0 Å². The smallest absolute Gasteiger partial charge is 0.400 e. The number of sulfonamides is 1. The van der Waals surface area contributed by atoms with E-state index in [1.807, 2.05) is 4.83 Å². The van der Waals surface area contributed by atoms with Crippen molar-refractivity contribution >= 4 is 27.8 Å². The normalized spacial score (nSPS) is 11.5. The Morgan fingerprint density at radius 2 is 1.88 bits per heavy atom. The standard InChI is InChI=1S/C12H10N4O7S/c1-8-2-4-10(6-11(8)15(17)18)24(21,22)14-13-7-9-3-5-12(23-9)16(19)20/h2-7,14H,1H3/b13-7-. The Labute approximate surface area is 134 Å². The first kappa shape index (κ1) is 17.1. The molecule has 0 radical (unpaired) electrons. The lowest BCUT2D eigenvalue weighted by Crippen LogP contribution is -2.18. The molecule has 0 atom stereocenters. The molecule has 1 aromatic heterocycles. The van der Waals surface area contributed by atoms with Crippen LogP contribution in [-0.4, -0.2) is 24.5 Å². The lowest BCUT2D eigenvalue weighted by atomic mass is 10.2. The molecule has 0 aliphatic heterocycles. The van der Waals surface area contributed by atoms with Crippen molar-refractivity contribution < 1.29 is 22.7 Å². The maximum absolute atomic E-state index is 12.0. The zero-order valence-corrected chi connectivity index (χ0v) is 12.9. The number of nitro benzene ring substituents is 1. The Bertz CT molecular complexity index is 933. The van der Waals surface area contributed by atoms with E-state index in [1.165, 1.54) is 25.1 Å². The summed E-state index contributed by atoms with van der Waals surface area (Å²) in [4.78, 5) is 21.3. The number of hydrazone groups is 1. The molecule has 0 amide bonds. The fourth-order valence-electron chi connectivity index (χ4n) is 1.67. The van der Waals surface area contributed by atoms with Crippen LogP contribution in [0, 0.1) is 27.2 Å². The largest absolute Gasteiger partial charge is 0.433 e. The van der Waals surface area contributed by atoms with Crippen molar-refractivity contribution in [2.75, 3.05) is 0 Å². The number of benzene rings is 1. The summed E-state index contributed by atoms with van der Waals surface area (Å²) in [5, 5.41) is 24.7. The number of nitrogens with one attached hydrogen (secondary N) is 1. The van der Waals surface area contributed by atoms with E-state index in [1.54, 1.807) is 0 Å². The summed E-state index contributed by atoms with van der Waals surface area (Å²) in [5.74, 6) is -0.562. The summed E-state index contributed by atoms with van der Waals surface area (Å²) in [7, 11) is -4.14. The zero-order chi connectivity index (χ0) is 17.9. The molecular formula is C12H10N4O7S. The van der Waals surface area contributed by atoms with Crippen LogP contribution in [0.1, 0.15) is 11.3 Å². The molecule has 0 saturated heterocycles. The maximum atomic E-state index is 12.0. The van der Waals surface area contributed by atoms with E-state index in [2.05, 4.69) is 5.10 Å². The average molecular weight is 354 g/mol. The van der Waals surface area contributed by atoms with E-state index >= 15 is 0 Å². The second kappa shape index (κ2) is 6.45. The van der Waals surface area contributed by atoms with Crippen LogP contribution in [0.25, 0.3) is 0 Å². The van der Waals surface area contributed by atoms with E-state index in [0.29, 0.717) is 5.56 Å². The summed E-state index contributed by atoms with van der Waals surface area (Å²) < 4.78 is 28.8. The molecular weight excluding hydrogens is 344 g/mol. The van der Waals surface area contributed by atoms with Gasteiger partial charge in [-0.1, -0.05) is 6.07 Å². The molecule has 0 aliphatic carbocycles. The van der Waals surface area contributed by atoms with Gasteiger partial charge in [-0.15, -0.1) is 0 Å². The Hall–Kier alpha value is -3.28. The first-order valence-corrected chi connectivity index (χ1v) is 7.73. The maximum Gasteiger partial charge on any atom is 0.433 e. The van der Waals surface area contributed by atoms with Gasteiger partial charge in [0.1, 0.15) is 4.92 Å². The molecule has 0 bridgehead atoms. The number of aryl methyl sites for hydroxylation is 1. The summed E-state index contributed by atoms with van der Waals surface area (Å²) in [6.45, 7) is 1.48. The molecule has 0 fully saturated rings. The third kappa shape index (κ3) is 3.73. The summed E-state index contributed by atoms with van der Waals surface area (Å²) in [6.07, 6.45) is 0.924. The molecule has 0 aliphatic rings. The lowest BCUT2D eigenvalue weighted by molar-refractivity contribution is -0.402. The van der Waals surface area contributed by atoms with Crippen LogP contribution < -0.4 is 4.83 Å². The van der Waals surface area contributed by atoms with Crippen molar-refractivity contribution in [3.05, 3.63) is 61.9 Å². The van der Waals surface area contributed by atoms with E-state index in [0.717, 1.165) is 18.3 Å². The van der Waals surface area contributed by atoms with E-state index in [4.69, 9.17) is 4.42 Å². The fourth-order valence-corrected chi connectivity index (χ4v) is 2.49. The third-order valence-electron chi connectivity index (χ3n) is 2.84. The number of rotatable bonds is 6. The van der Waals surface area contributed by atoms with Gasteiger partial charge in [0.15, 0.2) is 5.76 Å². The molecule has 24 heavy (non-hydrogen) atoms. The minimum absolute atomic E-state index is 0.0423. The van der Waals surface area contributed by atoms with Crippen LogP contribution in [0.2, 0.25) is 0 Å². The van der Waals surface area contributed by atoms with Crippen molar-refractivity contribution in [2.45, 2.75) is 11.8 Å². The minimum Gasteiger partial charge on any atom is -0.400 e. The SMILES string of the molecule is Cc1ccc(S(=O)(=O)N/N=C\c2ccc([N+](=O)[O-])o2)cc1[N+](=O)[O-]. The van der Waals surface area contributed by atoms with Gasteiger partial charge in [0.2, 0.25) is 0 Å². The Morgan fingerprint density at radius 1 is 1.17 bits per heavy atom. The van der Waals surface area contributed by atoms with Gasteiger partial charge in [-0.05, 0) is 19.1 Å². The highest BCUT2D eigenvalue weighted by Crippen LogP contribution is 2.22. The predicted octanol–water partition coefficient (Wildman–Crippen LogP) is 1.72. The molecule has 12 heteroatoms. The Balaban J connectivity index is 2.19. The topological polar surface area (TPSA) is 158 Å². The van der Waals surface area contributed by atoms with Gasteiger partial charge >= 0.3 is 5.88 Å². The van der Waals surface area contributed by atoms with Gasteiger partial charge in [0, 0.05) is 11.6 Å². The van der Waals surface area contributed by atoms with Gasteiger partial charge in [-0.3, -0.25) is 20.2 Å². The van der Waals surface area contributed by atoms with Crippen LogP contribution in [0.15, 0.2) is 44.7 Å². The highest BCUT2D eigenvalue weighted by atomic mass is 32.2. The average Bonchev–Trinajstić information content (AvgIpc) is 2.96. The molecule has 0 saturated carbocycles. The molecule has 2 aromatic rings. The summed E-state index contributed by atoms with van der Waals surface area (Å²) >= 11 is 0. The molecule has 1 N–H and O–H groups in total. The Kier molecular flexibility index (Phi) is 4.59. The van der Waals surface area contributed by atoms with Crippen LogP contribution in [0.5, 0.6) is 0 Å². The number of nitrogens with zero attached hydrogens (tertiary/aromatic N) is 3. The molecule has 126 valence electrons. The van der Waals surface area contributed by atoms with Crippen LogP contribution in [0.3, 0.4) is 0 Å². The fraction of sp³-hybridized carbons (Fsp3) is 0.0833. The number of hydrogen-bond acceptors (Lipinski definition) is 8. The van der Waals surface area contributed by atoms with Gasteiger partial charge in [-0.2, -0.15) is 18.4 Å². The molecule has 1 aromatic carbocycles. The van der Waals surface area contributed by atoms with Crippen molar-refractivity contribution in [3.8, 4) is 0 Å². The second-order valence-corrected chi connectivity index (χ2v) is 6.15. The highest BCUT2D eigenvalue weighted by Gasteiger charge is 2.19. The number of nitro groups is 2. The number of furan rings is 1. The molecule has 1 heterocycles. The Morgan fingerprint density at radius 3 is 2.46 bits per heavy atom. The highest BCUT2D eigenvalue weighted by molar-refractivity contribution is 7.89. The van der Waals surface area contributed by atoms with Gasteiger partial charge in [0.05, 0.1) is 22.1 Å². The molecule has 2 rings (SSSR count). The lowest BCUT2D eigenvalue weighted by Gasteiger charge is -2.04. The van der Waals surface area contributed by atoms with Crippen LogP contribution in [0.4, 0.5) is 11.6 Å². The molecule has 11 nitrogen and oxygen atoms in total. The van der Waals surface area contributed by atoms with Crippen molar-refractivity contribution in [3.63, 3.8) is 0 Å². The second-order valence-electron chi connectivity index (χ2n) is 4.49. The van der Waals surface area contributed by atoms with E-state index < -0.39 is 25.8 Å². The first-order chi connectivity index (χ1) is 11.2. The van der Waals surface area contributed by atoms with Crippen molar-refractivity contribution in [1.29, 1.82) is 0 Å². The molecule has 0 unspecified atom stereocenters. The monoisotopic (exact) mass is 354 g/mol. The van der Waals surface area contributed by atoms with E-state index in [-0.39, 0.29) is 16.3 Å². The molecule has 0 spiro atoms. The van der Waals surface area contributed by atoms with Crippen molar-refractivity contribution in [1.82, 2.24) is 4.83 Å². The van der Waals surface area contributed by atoms with Crippen LogP contribution >= 0.6 is 0 Å².